The molecule has 0 fully saturated rings. The average molecular weight is 202 g/mol. The van der Waals surface area contributed by atoms with E-state index in [1.807, 2.05) is 0 Å². The van der Waals surface area contributed by atoms with Crippen LogP contribution in [0.2, 0.25) is 0 Å². The van der Waals surface area contributed by atoms with Gasteiger partial charge in [-0.05, 0) is 24.6 Å². The first kappa shape index (κ1) is 9.99. The molecule has 13 heavy (non-hydrogen) atoms. The largest absolute Gasteiger partial charge is 0.398 e. The van der Waals surface area contributed by atoms with E-state index in [1.165, 1.54) is 6.07 Å². The number of ketones is 1. The molecular formula is C9H9ClFNO. The molecule has 0 heterocycles. The maximum Gasteiger partial charge on any atom is 0.179 e. The molecule has 0 aliphatic rings. The minimum absolute atomic E-state index is 0.160. The Hall–Kier alpha value is -1.09. The molecule has 2 nitrogen and oxygen atoms in total. The van der Waals surface area contributed by atoms with Crippen molar-refractivity contribution in [1.29, 1.82) is 0 Å². The van der Waals surface area contributed by atoms with Crippen molar-refractivity contribution in [3.05, 3.63) is 29.1 Å². The number of benzene rings is 1. The van der Waals surface area contributed by atoms with E-state index < -0.39 is 5.82 Å². The summed E-state index contributed by atoms with van der Waals surface area (Å²) >= 11 is 5.34. The number of carbonyl (C=O) groups excluding carboxylic acids is 1. The zero-order valence-corrected chi connectivity index (χ0v) is 7.86. The molecule has 0 bridgehead atoms. The Morgan fingerprint density at radius 2 is 2.23 bits per heavy atom. The number of aryl methyl sites for hydroxylation is 1. The number of Topliss-reactive ketones (excluding diaryl/α,β-unsaturated/α-hetero) is 1. The molecule has 1 rings (SSSR count). The van der Waals surface area contributed by atoms with E-state index in [2.05, 4.69) is 0 Å². The Kier molecular flexibility index (Phi) is 2.88. The molecule has 0 saturated heterocycles. The molecule has 0 aliphatic heterocycles. The fourth-order valence-electron chi connectivity index (χ4n) is 1.06. The number of rotatable bonds is 2. The summed E-state index contributed by atoms with van der Waals surface area (Å²) in [4.78, 5) is 11.2. The second-order valence-electron chi connectivity index (χ2n) is 2.74. The average Bonchev–Trinajstić information content (AvgIpc) is 2.10. The first-order valence-electron chi connectivity index (χ1n) is 3.71. The van der Waals surface area contributed by atoms with Crippen molar-refractivity contribution >= 4 is 23.1 Å². The second-order valence-corrected chi connectivity index (χ2v) is 3.01. The Labute approximate surface area is 80.5 Å². The number of halogens is 2. The van der Waals surface area contributed by atoms with Gasteiger partial charge in [0.2, 0.25) is 0 Å². The van der Waals surface area contributed by atoms with Crippen LogP contribution in [-0.4, -0.2) is 11.7 Å². The summed E-state index contributed by atoms with van der Waals surface area (Å²) in [7, 11) is 0. The zero-order valence-electron chi connectivity index (χ0n) is 7.10. The van der Waals surface area contributed by atoms with Gasteiger partial charge in [0.1, 0.15) is 5.82 Å². The minimum atomic E-state index is -0.472. The highest BCUT2D eigenvalue weighted by molar-refractivity contribution is 6.31. The lowest BCUT2D eigenvalue weighted by Crippen LogP contribution is -2.07. The topological polar surface area (TPSA) is 43.1 Å². The lowest BCUT2D eigenvalue weighted by atomic mass is 10.1. The van der Waals surface area contributed by atoms with Crippen molar-refractivity contribution in [2.24, 2.45) is 0 Å². The molecule has 0 atom stereocenters. The predicted octanol–water partition coefficient (Wildman–Crippen LogP) is 2.14. The first-order chi connectivity index (χ1) is 6.06. The maximum absolute atomic E-state index is 12.9. The fourth-order valence-corrected chi connectivity index (χ4v) is 1.20. The minimum Gasteiger partial charge on any atom is -0.398 e. The van der Waals surface area contributed by atoms with Crippen LogP contribution in [0.15, 0.2) is 12.1 Å². The highest BCUT2D eigenvalue weighted by Gasteiger charge is 2.11. The highest BCUT2D eigenvalue weighted by Crippen LogP contribution is 2.19. The predicted molar refractivity (Wildman–Crippen MR) is 50.6 cm³/mol. The summed E-state index contributed by atoms with van der Waals surface area (Å²) in [5.41, 5.74) is 6.59. The summed E-state index contributed by atoms with van der Waals surface area (Å²) in [5, 5.41) is 0. The van der Waals surface area contributed by atoms with Crippen LogP contribution in [0.3, 0.4) is 0 Å². The SMILES string of the molecule is Cc1cc(F)cc(C(=O)CCl)c1N. The van der Waals surface area contributed by atoms with Crippen LogP contribution in [0.4, 0.5) is 10.1 Å². The lowest BCUT2D eigenvalue weighted by molar-refractivity contribution is 0.102. The molecule has 4 heteroatoms. The summed E-state index contributed by atoms with van der Waals surface area (Å²) in [6.07, 6.45) is 0. The quantitative estimate of drug-likeness (QED) is 0.453. The molecular weight excluding hydrogens is 193 g/mol. The van der Waals surface area contributed by atoms with Crippen LogP contribution in [0.1, 0.15) is 15.9 Å². The number of nitrogen functional groups attached to an aromatic ring is 1. The van der Waals surface area contributed by atoms with Gasteiger partial charge in [-0.15, -0.1) is 11.6 Å². The Morgan fingerprint density at radius 3 is 2.77 bits per heavy atom. The van der Waals surface area contributed by atoms with E-state index in [1.54, 1.807) is 6.92 Å². The third-order valence-electron chi connectivity index (χ3n) is 1.77. The second kappa shape index (κ2) is 3.75. The molecule has 70 valence electrons. The van der Waals surface area contributed by atoms with Gasteiger partial charge in [0, 0.05) is 11.3 Å². The smallest absolute Gasteiger partial charge is 0.179 e. The molecule has 0 aromatic heterocycles. The molecule has 2 N–H and O–H groups in total. The van der Waals surface area contributed by atoms with Gasteiger partial charge in [-0.3, -0.25) is 4.79 Å². The Balaban J connectivity index is 3.28. The van der Waals surface area contributed by atoms with E-state index in [0.29, 0.717) is 11.3 Å². The van der Waals surface area contributed by atoms with Gasteiger partial charge in [-0.2, -0.15) is 0 Å². The first-order valence-corrected chi connectivity index (χ1v) is 4.24. The summed E-state index contributed by atoms with van der Waals surface area (Å²) < 4.78 is 12.9. The maximum atomic E-state index is 12.9. The van der Waals surface area contributed by atoms with E-state index in [-0.39, 0.29) is 17.2 Å². The molecule has 0 unspecified atom stereocenters. The number of nitrogens with two attached hydrogens (primary N) is 1. The van der Waals surface area contributed by atoms with Crippen LogP contribution in [0, 0.1) is 12.7 Å². The van der Waals surface area contributed by atoms with Crippen LogP contribution < -0.4 is 5.73 Å². The molecule has 0 radical (unpaired) electrons. The van der Waals surface area contributed by atoms with Crippen LogP contribution in [0.25, 0.3) is 0 Å². The van der Waals surface area contributed by atoms with Gasteiger partial charge in [0.25, 0.3) is 0 Å². The molecule has 0 aliphatic carbocycles. The van der Waals surface area contributed by atoms with Gasteiger partial charge < -0.3 is 5.73 Å². The monoisotopic (exact) mass is 201 g/mol. The van der Waals surface area contributed by atoms with E-state index in [0.717, 1.165) is 6.07 Å². The van der Waals surface area contributed by atoms with Gasteiger partial charge in [-0.1, -0.05) is 0 Å². The summed E-state index contributed by atoms with van der Waals surface area (Å²) in [6.45, 7) is 1.64. The number of alkyl halides is 1. The summed E-state index contributed by atoms with van der Waals surface area (Å²) in [5.74, 6) is -1.02. The van der Waals surface area contributed by atoms with Crippen molar-refractivity contribution in [1.82, 2.24) is 0 Å². The number of anilines is 1. The van der Waals surface area contributed by atoms with E-state index in [4.69, 9.17) is 17.3 Å². The van der Waals surface area contributed by atoms with Crippen LogP contribution in [0.5, 0.6) is 0 Å². The van der Waals surface area contributed by atoms with Gasteiger partial charge in [-0.25, -0.2) is 4.39 Å². The normalized spacial score (nSPS) is 10.1. The van der Waals surface area contributed by atoms with Crippen LogP contribution >= 0.6 is 11.6 Å². The van der Waals surface area contributed by atoms with E-state index in [9.17, 15) is 9.18 Å². The Bertz CT molecular complexity index is 352. The van der Waals surface area contributed by atoms with Gasteiger partial charge >= 0.3 is 0 Å². The van der Waals surface area contributed by atoms with Gasteiger partial charge in [0.05, 0.1) is 5.88 Å². The highest BCUT2D eigenvalue weighted by atomic mass is 35.5. The molecule has 0 saturated carbocycles. The Morgan fingerprint density at radius 1 is 1.62 bits per heavy atom. The van der Waals surface area contributed by atoms with Crippen molar-refractivity contribution < 1.29 is 9.18 Å². The van der Waals surface area contributed by atoms with Crippen LogP contribution in [-0.2, 0) is 0 Å². The number of carbonyl (C=O) groups is 1. The number of hydrogen-bond donors (Lipinski definition) is 1. The van der Waals surface area contributed by atoms with E-state index >= 15 is 0 Å². The van der Waals surface area contributed by atoms with Crippen molar-refractivity contribution in [3.63, 3.8) is 0 Å². The zero-order chi connectivity index (χ0) is 10.0. The standard InChI is InChI=1S/C9H9ClFNO/c1-5-2-6(11)3-7(9(5)12)8(13)4-10/h2-3H,4,12H2,1H3. The molecule has 1 aromatic carbocycles. The van der Waals surface area contributed by atoms with Crippen molar-refractivity contribution in [3.8, 4) is 0 Å². The fraction of sp³-hybridized carbons (Fsp3) is 0.222. The number of hydrogen-bond acceptors (Lipinski definition) is 2. The third-order valence-corrected chi connectivity index (χ3v) is 2.02. The van der Waals surface area contributed by atoms with Crippen molar-refractivity contribution in [2.75, 3.05) is 11.6 Å². The lowest BCUT2D eigenvalue weighted by Gasteiger charge is -2.05. The molecule has 0 spiro atoms. The molecule has 1 aromatic rings. The third kappa shape index (κ3) is 1.98. The van der Waals surface area contributed by atoms with Gasteiger partial charge in [0.15, 0.2) is 5.78 Å². The molecule has 0 amide bonds. The van der Waals surface area contributed by atoms with Crippen molar-refractivity contribution in [2.45, 2.75) is 6.92 Å². The summed E-state index contributed by atoms with van der Waals surface area (Å²) in [6, 6.07) is 2.38.